The van der Waals surface area contributed by atoms with E-state index in [0.29, 0.717) is 24.5 Å². The summed E-state index contributed by atoms with van der Waals surface area (Å²) < 4.78 is 5.95. The van der Waals surface area contributed by atoms with E-state index < -0.39 is 6.17 Å². The lowest BCUT2D eigenvalue weighted by Crippen LogP contribution is -2.66. The number of aryl methyl sites for hydroxylation is 1. The van der Waals surface area contributed by atoms with Crippen LogP contribution in [0.2, 0.25) is 0 Å². The van der Waals surface area contributed by atoms with Crippen molar-refractivity contribution >= 4 is 17.3 Å². The predicted octanol–water partition coefficient (Wildman–Crippen LogP) is -0.317. The van der Waals surface area contributed by atoms with Crippen LogP contribution in [0.4, 0.5) is 11.4 Å². The number of nitrogens with zero attached hydrogens (tertiary/aromatic N) is 1. The Hall–Kier alpha value is -3.55. The van der Waals surface area contributed by atoms with Gasteiger partial charge in [-0.25, -0.2) is 5.43 Å². The smallest absolute Gasteiger partial charge is 0.262 e. The Labute approximate surface area is 216 Å². The zero-order chi connectivity index (χ0) is 26.1. The fraction of sp³-hybridized carbons (Fsp3) is 0.400. The van der Waals surface area contributed by atoms with E-state index in [2.05, 4.69) is 37.3 Å². The Bertz CT molecular complexity index is 1190. The van der Waals surface area contributed by atoms with Crippen molar-refractivity contribution in [2.45, 2.75) is 51.5 Å². The monoisotopic (exact) mass is 508 g/mol. The molecule has 12 nitrogen and oxygen atoms in total. The molecule has 1 fully saturated rings. The minimum absolute atomic E-state index is 0.0783. The van der Waals surface area contributed by atoms with Gasteiger partial charge in [-0.05, 0) is 44.5 Å². The standard InChI is InChI=1S/C25H36N10O2/c1-13-6-4-9-18-19(13)24(36)35(16-7-5-8-17(10-16)37-14(2)11-26)23(31-18)15(3)30-22-20-21(29-12-28-20)32-25(33-22)34-27/h4-10,14-15,21,23,25,28-34H,11-12,26-27H2,1-3H3/t14-,15?,21?,23?,25?/m1/s1. The average molecular weight is 509 g/mol. The molecule has 0 bridgehead atoms. The van der Waals surface area contributed by atoms with E-state index in [0.717, 1.165) is 28.5 Å². The molecule has 5 atom stereocenters. The summed E-state index contributed by atoms with van der Waals surface area (Å²) in [7, 11) is 0. The second-order valence-electron chi connectivity index (χ2n) is 9.55. The lowest BCUT2D eigenvalue weighted by atomic mass is 9.99. The number of rotatable bonds is 8. The molecule has 3 aliphatic rings. The summed E-state index contributed by atoms with van der Waals surface area (Å²) in [6, 6.07) is 13.2. The van der Waals surface area contributed by atoms with Crippen molar-refractivity contribution in [1.82, 2.24) is 32.0 Å². The van der Waals surface area contributed by atoms with Gasteiger partial charge in [-0.3, -0.25) is 26.2 Å². The molecule has 4 unspecified atom stereocenters. The van der Waals surface area contributed by atoms with Gasteiger partial charge in [0.1, 0.15) is 36.3 Å². The number of benzene rings is 2. The van der Waals surface area contributed by atoms with Crippen LogP contribution in [0.25, 0.3) is 0 Å². The molecule has 2 aromatic carbocycles. The molecule has 1 amide bonds. The number of nitrogens with one attached hydrogen (secondary N) is 7. The summed E-state index contributed by atoms with van der Waals surface area (Å²) in [5.41, 5.74) is 12.5. The molecule has 12 heteroatoms. The van der Waals surface area contributed by atoms with Crippen LogP contribution >= 0.6 is 0 Å². The Balaban J connectivity index is 1.50. The van der Waals surface area contributed by atoms with Crippen LogP contribution in [0.15, 0.2) is 54.0 Å². The first kappa shape index (κ1) is 25.1. The minimum Gasteiger partial charge on any atom is -0.489 e. The number of nitrogens with two attached hydrogens (primary N) is 2. The number of hydrazine groups is 1. The summed E-state index contributed by atoms with van der Waals surface area (Å²) in [5, 5.41) is 20.5. The lowest BCUT2D eigenvalue weighted by molar-refractivity contribution is 0.0969. The third kappa shape index (κ3) is 4.89. The van der Waals surface area contributed by atoms with Gasteiger partial charge in [0, 0.05) is 24.0 Å². The van der Waals surface area contributed by atoms with Crippen LogP contribution in [0.1, 0.15) is 29.8 Å². The number of amides is 1. The maximum absolute atomic E-state index is 14.0. The van der Waals surface area contributed by atoms with Crippen molar-refractivity contribution < 1.29 is 9.53 Å². The largest absolute Gasteiger partial charge is 0.489 e. The minimum atomic E-state index is -0.411. The summed E-state index contributed by atoms with van der Waals surface area (Å²) in [6.07, 6.45) is -0.981. The van der Waals surface area contributed by atoms with E-state index in [-0.39, 0.29) is 30.5 Å². The third-order valence-corrected chi connectivity index (χ3v) is 6.83. The third-order valence-electron chi connectivity index (χ3n) is 6.83. The summed E-state index contributed by atoms with van der Waals surface area (Å²) >= 11 is 0. The van der Waals surface area contributed by atoms with Crippen molar-refractivity contribution in [2.24, 2.45) is 11.6 Å². The number of hydrogen-bond acceptors (Lipinski definition) is 11. The highest BCUT2D eigenvalue weighted by molar-refractivity contribution is 6.13. The van der Waals surface area contributed by atoms with Gasteiger partial charge in [-0.15, -0.1) is 0 Å². The lowest BCUT2D eigenvalue weighted by Gasteiger charge is -2.43. The number of carbonyl (C=O) groups is 1. The van der Waals surface area contributed by atoms with E-state index in [1.54, 1.807) is 4.90 Å². The molecule has 37 heavy (non-hydrogen) atoms. The Morgan fingerprint density at radius 3 is 2.78 bits per heavy atom. The fourth-order valence-electron chi connectivity index (χ4n) is 4.93. The van der Waals surface area contributed by atoms with Crippen LogP contribution in [-0.2, 0) is 0 Å². The predicted molar refractivity (Wildman–Crippen MR) is 143 cm³/mol. The van der Waals surface area contributed by atoms with Crippen LogP contribution in [-0.4, -0.2) is 49.9 Å². The number of ether oxygens (including phenoxy) is 1. The summed E-state index contributed by atoms with van der Waals surface area (Å²) in [6.45, 7) is 6.92. The van der Waals surface area contributed by atoms with Crippen LogP contribution in [0.3, 0.4) is 0 Å². The molecular formula is C25H36N10O2. The molecule has 198 valence electrons. The van der Waals surface area contributed by atoms with Gasteiger partial charge in [0.2, 0.25) is 0 Å². The van der Waals surface area contributed by atoms with E-state index in [9.17, 15) is 4.79 Å². The molecule has 0 aliphatic carbocycles. The first-order valence-corrected chi connectivity index (χ1v) is 12.5. The number of fused-ring (bicyclic) bond motifs is 2. The molecule has 0 spiro atoms. The molecule has 0 saturated carbocycles. The molecular weight excluding hydrogens is 472 g/mol. The second kappa shape index (κ2) is 10.4. The molecule has 5 rings (SSSR count). The first-order chi connectivity index (χ1) is 17.9. The highest BCUT2D eigenvalue weighted by Gasteiger charge is 2.39. The molecule has 2 aromatic rings. The zero-order valence-corrected chi connectivity index (χ0v) is 21.3. The van der Waals surface area contributed by atoms with Crippen molar-refractivity contribution in [2.75, 3.05) is 23.4 Å². The molecule has 1 saturated heterocycles. The SMILES string of the molecule is Cc1cccc2c1C(=O)N(c1cccc(O[C@H](C)CN)c1)C(C(C)NC1=C3NCNC3NC(NN)N1)N2. The zero-order valence-electron chi connectivity index (χ0n) is 21.3. The van der Waals surface area contributed by atoms with Gasteiger partial charge in [0.25, 0.3) is 5.91 Å². The van der Waals surface area contributed by atoms with E-state index >= 15 is 0 Å². The topological polar surface area (TPSA) is 166 Å². The van der Waals surface area contributed by atoms with Gasteiger partial charge in [-0.2, -0.15) is 0 Å². The van der Waals surface area contributed by atoms with Gasteiger partial charge in [-0.1, -0.05) is 18.2 Å². The van der Waals surface area contributed by atoms with E-state index in [1.165, 1.54) is 0 Å². The van der Waals surface area contributed by atoms with Crippen LogP contribution in [0, 0.1) is 6.92 Å². The molecule has 3 heterocycles. The Morgan fingerprint density at radius 1 is 1.19 bits per heavy atom. The quantitative estimate of drug-likeness (QED) is 0.169. The maximum atomic E-state index is 14.0. The van der Waals surface area contributed by atoms with Gasteiger partial charge in [0.05, 0.1) is 24.0 Å². The summed E-state index contributed by atoms with van der Waals surface area (Å²) in [5.74, 6) is 7.08. The van der Waals surface area contributed by atoms with E-state index in [4.69, 9.17) is 16.3 Å². The number of anilines is 2. The highest BCUT2D eigenvalue weighted by Crippen LogP contribution is 2.34. The van der Waals surface area contributed by atoms with Crippen molar-refractivity contribution in [3.05, 3.63) is 65.1 Å². The normalized spacial score (nSPS) is 24.3. The van der Waals surface area contributed by atoms with Crippen molar-refractivity contribution in [1.29, 1.82) is 0 Å². The van der Waals surface area contributed by atoms with Gasteiger partial charge in [0.15, 0.2) is 0 Å². The fourth-order valence-corrected chi connectivity index (χ4v) is 4.93. The first-order valence-electron chi connectivity index (χ1n) is 12.5. The highest BCUT2D eigenvalue weighted by atomic mass is 16.5. The van der Waals surface area contributed by atoms with Crippen LogP contribution < -0.4 is 58.5 Å². The summed E-state index contributed by atoms with van der Waals surface area (Å²) in [4.78, 5) is 15.8. The molecule has 11 N–H and O–H groups in total. The average Bonchev–Trinajstić information content (AvgIpc) is 3.37. The molecule has 0 aromatic heterocycles. The maximum Gasteiger partial charge on any atom is 0.262 e. The van der Waals surface area contributed by atoms with Crippen LogP contribution in [0.5, 0.6) is 5.75 Å². The number of carbonyl (C=O) groups excluding carboxylic acids is 1. The second-order valence-corrected chi connectivity index (χ2v) is 9.55. The van der Waals surface area contributed by atoms with Crippen molar-refractivity contribution in [3.8, 4) is 5.75 Å². The molecule has 3 aliphatic heterocycles. The van der Waals surface area contributed by atoms with Gasteiger partial charge < -0.3 is 31.7 Å². The van der Waals surface area contributed by atoms with Gasteiger partial charge >= 0.3 is 0 Å². The van der Waals surface area contributed by atoms with Crippen molar-refractivity contribution in [3.63, 3.8) is 0 Å². The Kier molecular flexibility index (Phi) is 7.09. The number of hydrogen-bond donors (Lipinski definition) is 9. The Morgan fingerprint density at radius 2 is 2.00 bits per heavy atom. The van der Waals surface area contributed by atoms with E-state index in [1.807, 2.05) is 63.2 Å². The molecule has 0 radical (unpaired) electrons.